The Morgan fingerprint density at radius 3 is 3.05 bits per heavy atom. The van der Waals surface area contributed by atoms with Gasteiger partial charge in [0.25, 0.3) is 5.91 Å². The number of nitrogens with one attached hydrogen (secondary N) is 1. The number of carboxylic acids is 1. The zero-order chi connectivity index (χ0) is 15.7. The average molecular weight is 301 g/mol. The van der Waals surface area contributed by atoms with Crippen LogP contribution in [0.4, 0.5) is 0 Å². The van der Waals surface area contributed by atoms with Crippen LogP contribution in [0.3, 0.4) is 0 Å². The number of aromatic amines is 1. The number of hydrogen-bond acceptors (Lipinski definition) is 3. The number of aryl methyl sites for hydroxylation is 1. The van der Waals surface area contributed by atoms with Crippen molar-refractivity contribution in [1.29, 1.82) is 0 Å². The molecule has 1 aromatic carbocycles. The zero-order valence-corrected chi connectivity index (χ0v) is 12.5. The maximum Gasteiger partial charge on any atom is 0.303 e. The van der Waals surface area contributed by atoms with Gasteiger partial charge in [0.2, 0.25) is 0 Å². The maximum absolute atomic E-state index is 12.6. The fourth-order valence-corrected chi connectivity index (χ4v) is 3.12. The molecule has 1 amide bonds. The third-order valence-corrected chi connectivity index (χ3v) is 4.12. The van der Waals surface area contributed by atoms with E-state index in [1.807, 2.05) is 19.1 Å². The minimum Gasteiger partial charge on any atom is -0.481 e. The first-order valence-electron chi connectivity index (χ1n) is 7.50. The van der Waals surface area contributed by atoms with Crippen LogP contribution in [0, 0.1) is 12.8 Å². The van der Waals surface area contributed by atoms with Crippen LogP contribution >= 0.6 is 0 Å². The van der Waals surface area contributed by atoms with Crippen molar-refractivity contribution < 1.29 is 14.7 Å². The van der Waals surface area contributed by atoms with Crippen molar-refractivity contribution >= 4 is 22.9 Å². The highest BCUT2D eigenvalue weighted by atomic mass is 16.4. The van der Waals surface area contributed by atoms with E-state index in [0.29, 0.717) is 18.7 Å². The molecule has 0 aliphatic carbocycles. The van der Waals surface area contributed by atoms with Gasteiger partial charge in [-0.2, -0.15) is 0 Å². The summed E-state index contributed by atoms with van der Waals surface area (Å²) in [5.41, 5.74) is 2.31. The van der Waals surface area contributed by atoms with E-state index in [-0.39, 0.29) is 18.2 Å². The Morgan fingerprint density at radius 1 is 1.45 bits per heavy atom. The summed E-state index contributed by atoms with van der Waals surface area (Å²) >= 11 is 0. The second kappa shape index (κ2) is 5.79. The van der Waals surface area contributed by atoms with Crippen molar-refractivity contribution in [2.45, 2.75) is 26.2 Å². The molecule has 1 aromatic heterocycles. The lowest BCUT2D eigenvalue weighted by Gasteiger charge is -2.32. The number of carbonyl (C=O) groups is 2. The highest BCUT2D eigenvalue weighted by molar-refractivity contribution is 5.97. The van der Waals surface area contributed by atoms with Crippen LogP contribution in [0.5, 0.6) is 0 Å². The second-order valence-electron chi connectivity index (χ2n) is 5.91. The number of benzene rings is 1. The summed E-state index contributed by atoms with van der Waals surface area (Å²) < 4.78 is 0. The standard InChI is InChI=1S/C16H19N3O3/c1-10-17-13-5-4-12(8-14(13)18-10)16(22)19-6-2-3-11(9-19)7-15(20)21/h4-5,8,11H,2-3,6-7,9H2,1H3,(H,17,18)(H,20,21). The highest BCUT2D eigenvalue weighted by Crippen LogP contribution is 2.22. The number of piperidine rings is 1. The molecule has 0 saturated carbocycles. The summed E-state index contributed by atoms with van der Waals surface area (Å²) in [6, 6.07) is 5.44. The van der Waals surface area contributed by atoms with Crippen molar-refractivity contribution in [3.63, 3.8) is 0 Å². The Labute approximate surface area is 128 Å². The van der Waals surface area contributed by atoms with Gasteiger partial charge in [0.05, 0.1) is 11.0 Å². The number of rotatable bonds is 3. The van der Waals surface area contributed by atoms with Gasteiger partial charge in [-0.25, -0.2) is 4.98 Å². The summed E-state index contributed by atoms with van der Waals surface area (Å²) in [6.07, 6.45) is 1.85. The molecule has 22 heavy (non-hydrogen) atoms. The van der Waals surface area contributed by atoms with Crippen LogP contribution in [-0.4, -0.2) is 44.9 Å². The number of likely N-dealkylation sites (tertiary alicyclic amines) is 1. The van der Waals surface area contributed by atoms with Crippen LogP contribution in [0.2, 0.25) is 0 Å². The topological polar surface area (TPSA) is 86.3 Å². The fourth-order valence-electron chi connectivity index (χ4n) is 3.12. The molecule has 0 radical (unpaired) electrons. The van der Waals surface area contributed by atoms with E-state index >= 15 is 0 Å². The third-order valence-electron chi connectivity index (χ3n) is 4.12. The van der Waals surface area contributed by atoms with Gasteiger partial charge in [0.1, 0.15) is 5.82 Å². The summed E-state index contributed by atoms with van der Waals surface area (Å²) in [5.74, 6) is 0.0327. The van der Waals surface area contributed by atoms with E-state index in [0.717, 1.165) is 29.7 Å². The van der Waals surface area contributed by atoms with E-state index < -0.39 is 5.97 Å². The number of hydrogen-bond donors (Lipinski definition) is 2. The van der Waals surface area contributed by atoms with E-state index in [2.05, 4.69) is 9.97 Å². The molecular formula is C16H19N3O3. The number of amides is 1. The molecule has 2 heterocycles. The van der Waals surface area contributed by atoms with Gasteiger partial charge in [-0.15, -0.1) is 0 Å². The summed E-state index contributed by atoms with van der Waals surface area (Å²) in [7, 11) is 0. The number of H-pyrrole nitrogens is 1. The molecule has 6 nitrogen and oxygen atoms in total. The van der Waals surface area contributed by atoms with Crippen LogP contribution < -0.4 is 0 Å². The van der Waals surface area contributed by atoms with E-state index in [4.69, 9.17) is 5.11 Å². The lowest BCUT2D eigenvalue weighted by molar-refractivity contribution is -0.138. The molecule has 1 unspecified atom stereocenters. The largest absolute Gasteiger partial charge is 0.481 e. The zero-order valence-electron chi connectivity index (χ0n) is 12.5. The van der Waals surface area contributed by atoms with E-state index in [1.54, 1.807) is 11.0 Å². The predicted molar refractivity (Wildman–Crippen MR) is 81.7 cm³/mol. The predicted octanol–water partition coefficient (Wildman–Crippen LogP) is 2.20. The average Bonchev–Trinajstić information content (AvgIpc) is 2.85. The molecule has 1 saturated heterocycles. The molecule has 0 bridgehead atoms. The Bertz CT molecular complexity index is 722. The minimum absolute atomic E-state index is 0.0377. The molecule has 116 valence electrons. The molecule has 1 aliphatic rings. The molecule has 6 heteroatoms. The SMILES string of the molecule is Cc1nc2ccc(C(=O)N3CCCC(CC(=O)O)C3)cc2[nH]1. The van der Waals surface area contributed by atoms with E-state index in [9.17, 15) is 9.59 Å². The van der Waals surface area contributed by atoms with Crippen molar-refractivity contribution in [3.05, 3.63) is 29.6 Å². The lowest BCUT2D eigenvalue weighted by atomic mass is 9.94. The number of aliphatic carboxylic acids is 1. The smallest absolute Gasteiger partial charge is 0.303 e. The number of nitrogens with zero attached hydrogens (tertiary/aromatic N) is 2. The molecule has 1 fully saturated rings. The fraction of sp³-hybridized carbons (Fsp3) is 0.438. The first-order valence-corrected chi connectivity index (χ1v) is 7.50. The maximum atomic E-state index is 12.6. The first kappa shape index (κ1) is 14.6. The van der Waals surface area contributed by atoms with Gasteiger partial charge >= 0.3 is 5.97 Å². The summed E-state index contributed by atoms with van der Waals surface area (Å²) in [6.45, 7) is 3.09. The van der Waals surface area contributed by atoms with Crippen LogP contribution in [-0.2, 0) is 4.79 Å². The molecule has 3 rings (SSSR count). The Kier molecular flexibility index (Phi) is 3.83. The van der Waals surface area contributed by atoms with Gasteiger partial charge in [0, 0.05) is 25.1 Å². The molecule has 2 N–H and O–H groups in total. The number of carboxylic acid groups (broad SMARTS) is 1. The quantitative estimate of drug-likeness (QED) is 0.910. The Morgan fingerprint density at radius 2 is 2.27 bits per heavy atom. The highest BCUT2D eigenvalue weighted by Gasteiger charge is 2.26. The molecule has 1 atom stereocenters. The first-order chi connectivity index (χ1) is 10.5. The van der Waals surface area contributed by atoms with E-state index in [1.165, 1.54) is 0 Å². The lowest BCUT2D eigenvalue weighted by Crippen LogP contribution is -2.40. The second-order valence-corrected chi connectivity index (χ2v) is 5.91. The normalized spacial score (nSPS) is 18.6. The van der Waals surface area contributed by atoms with Crippen molar-refractivity contribution in [1.82, 2.24) is 14.9 Å². The Hall–Kier alpha value is -2.37. The van der Waals surface area contributed by atoms with Crippen LogP contribution in [0.15, 0.2) is 18.2 Å². The number of fused-ring (bicyclic) bond motifs is 1. The van der Waals surface area contributed by atoms with Crippen molar-refractivity contribution in [2.75, 3.05) is 13.1 Å². The summed E-state index contributed by atoms with van der Waals surface area (Å²) in [5, 5.41) is 8.91. The van der Waals surface area contributed by atoms with Crippen molar-refractivity contribution in [2.24, 2.45) is 5.92 Å². The number of carbonyl (C=O) groups excluding carboxylic acids is 1. The van der Waals surface area contributed by atoms with Crippen molar-refractivity contribution in [3.8, 4) is 0 Å². The molecule has 0 spiro atoms. The monoisotopic (exact) mass is 301 g/mol. The van der Waals surface area contributed by atoms with Gasteiger partial charge in [-0.1, -0.05) is 0 Å². The molecule has 2 aromatic rings. The molecular weight excluding hydrogens is 282 g/mol. The van der Waals surface area contributed by atoms with Gasteiger partial charge in [-0.3, -0.25) is 9.59 Å². The van der Waals surface area contributed by atoms with Gasteiger partial charge in [-0.05, 0) is 43.9 Å². The van der Waals surface area contributed by atoms with Gasteiger partial charge in [0.15, 0.2) is 0 Å². The molecule has 1 aliphatic heterocycles. The minimum atomic E-state index is -0.798. The van der Waals surface area contributed by atoms with Gasteiger partial charge < -0.3 is 15.0 Å². The van der Waals surface area contributed by atoms with Crippen LogP contribution in [0.25, 0.3) is 11.0 Å². The Balaban J connectivity index is 1.77. The summed E-state index contributed by atoms with van der Waals surface area (Å²) in [4.78, 5) is 32.7. The number of imidazole rings is 1. The number of aromatic nitrogens is 2. The van der Waals surface area contributed by atoms with Crippen LogP contribution in [0.1, 0.15) is 35.4 Å². The third kappa shape index (κ3) is 2.95.